The van der Waals surface area contributed by atoms with E-state index in [2.05, 4.69) is 13.8 Å². The second kappa shape index (κ2) is 6.17. The smallest absolute Gasteiger partial charge is 0.207 e. The van der Waals surface area contributed by atoms with Crippen molar-refractivity contribution in [3.05, 3.63) is 28.8 Å². The van der Waals surface area contributed by atoms with E-state index < -0.39 is 10.0 Å². The second-order valence-electron chi connectivity index (χ2n) is 5.52. The Morgan fingerprint density at radius 3 is 2.76 bits per heavy atom. The van der Waals surface area contributed by atoms with Crippen LogP contribution < -0.4 is 0 Å². The van der Waals surface area contributed by atoms with Gasteiger partial charge in [0.25, 0.3) is 0 Å². The lowest BCUT2D eigenvalue weighted by molar-refractivity contribution is 0.415. The van der Waals surface area contributed by atoms with E-state index in [1.807, 2.05) is 6.07 Å². The molecule has 0 bridgehead atoms. The van der Waals surface area contributed by atoms with Gasteiger partial charge in [-0.05, 0) is 24.6 Å². The van der Waals surface area contributed by atoms with Gasteiger partial charge < -0.3 is 0 Å². The molecule has 0 spiro atoms. The molecule has 1 heterocycles. The van der Waals surface area contributed by atoms with Gasteiger partial charge >= 0.3 is 0 Å². The van der Waals surface area contributed by atoms with Gasteiger partial charge in [-0.25, -0.2) is 8.42 Å². The van der Waals surface area contributed by atoms with Gasteiger partial charge in [-0.2, -0.15) is 21.3 Å². The van der Waals surface area contributed by atoms with Gasteiger partial charge in [-0.1, -0.05) is 25.4 Å². The third-order valence-electron chi connectivity index (χ3n) is 3.47. The van der Waals surface area contributed by atoms with E-state index in [0.29, 0.717) is 18.7 Å². The number of benzene rings is 1. The van der Waals surface area contributed by atoms with Crippen LogP contribution in [0.4, 0.5) is 0 Å². The fraction of sp³-hybridized carbons (Fsp3) is 0.500. The highest BCUT2D eigenvalue weighted by Gasteiger charge is 2.32. The van der Waals surface area contributed by atoms with Crippen molar-refractivity contribution in [2.75, 3.05) is 18.8 Å². The lowest BCUT2D eigenvalue weighted by atomic mass is 10.1. The van der Waals surface area contributed by atoms with Crippen molar-refractivity contribution in [1.82, 2.24) is 4.31 Å². The van der Waals surface area contributed by atoms with E-state index in [1.54, 1.807) is 11.8 Å². The van der Waals surface area contributed by atoms with Crippen LogP contribution in [0.1, 0.15) is 25.8 Å². The van der Waals surface area contributed by atoms with Crippen LogP contribution >= 0.6 is 23.4 Å². The first-order chi connectivity index (χ1) is 9.76. The highest BCUT2D eigenvalue weighted by atomic mass is 35.5. The molecule has 2 rings (SSSR count). The standard InChI is InChI=1S/C14H17ClN2O2S2/c1-14(2)5-6-17(7-8-20-14)21(18,19)13-9-11(10-16)3-4-12(13)15/h3-4,9H,5-8H2,1-2H3. The van der Waals surface area contributed by atoms with E-state index in [0.717, 1.165) is 12.2 Å². The van der Waals surface area contributed by atoms with Crippen LogP contribution in [0.3, 0.4) is 0 Å². The van der Waals surface area contributed by atoms with E-state index >= 15 is 0 Å². The molecule has 1 saturated heterocycles. The summed E-state index contributed by atoms with van der Waals surface area (Å²) < 4.78 is 27.1. The zero-order chi connectivity index (χ0) is 15.7. The molecule has 1 aromatic rings. The summed E-state index contributed by atoms with van der Waals surface area (Å²) in [4.78, 5) is 0.0212. The Balaban J connectivity index is 2.36. The molecule has 21 heavy (non-hydrogen) atoms. The summed E-state index contributed by atoms with van der Waals surface area (Å²) in [7, 11) is -3.66. The molecule has 1 aromatic carbocycles. The number of rotatable bonds is 2. The summed E-state index contributed by atoms with van der Waals surface area (Å²) in [6.07, 6.45) is 0.784. The lowest BCUT2D eigenvalue weighted by Crippen LogP contribution is -2.33. The maximum absolute atomic E-state index is 12.8. The van der Waals surface area contributed by atoms with Crippen LogP contribution in [-0.2, 0) is 10.0 Å². The van der Waals surface area contributed by atoms with Crippen molar-refractivity contribution in [2.24, 2.45) is 0 Å². The van der Waals surface area contributed by atoms with Crippen molar-refractivity contribution in [3.63, 3.8) is 0 Å². The van der Waals surface area contributed by atoms with Crippen LogP contribution in [0.15, 0.2) is 23.1 Å². The quantitative estimate of drug-likeness (QED) is 0.827. The minimum Gasteiger partial charge on any atom is -0.207 e. The lowest BCUT2D eigenvalue weighted by Gasteiger charge is -2.22. The highest BCUT2D eigenvalue weighted by Crippen LogP contribution is 2.33. The van der Waals surface area contributed by atoms with E-state index in [-0.39, 0.29) is 14.7 Å². The topological polar surface area (TPSA) is 61.2 Å². The summed E-state index contributed by atoms with van der Waals surface area (Å²) in [5.74, 6) is 0.752. The first-order valence-corrected chi connectivity index (χ1v) is 9.40. The number of nitriles is 1. The Bertz CT molecular complexity index is 681. The summed E-state index contributed by atoms with van der Waals surface area (Å²) in [6, 6.07) is 6.28. The van der Waals surface area contributed by atoms with Crippen LogP contribution in [0.5, 0.6) is 0 Å². The van der Waals surface area contributed by atoms with Gasteiger partial charge in [0.2, 0.25) is 10.0 Å². The molecule has 0 unspecified atom stereocenters. The Morgan fingerprint density at radius 2 is 2.10 bits per heavy atom. The molecule has 0 aromatic heterocycles. The molecule has 0 amide bonds. The number of halogens is 1. The Morgan fingerprint density at radius 1 is 1.38 bits per heavy atom. The number of thioether (sulfide) groups is 1. The Labute approximate surface area is 135 Å². The molecule has 114 valence electrons. The largest absolute Gasteiger partial charge is 0.244 e. The molecule has 1 aliphatic rings. The molecule has 7 heteroatoms. The molecule has 0 N–H and O–H groups in total. The molecule has 4 nitrogen and oxygen atoms in total. The Hall–Kier alpha value is -0.740. The normalized spacial score (nSPS) is 19.7. The average molecular weight is 345 g/mol. The van der Waals surface area contributed by atoms with Gasteiger partial charge in [0.15, 0.2) is 0 Å². The highest BCUT2D eigenvalue weighted by molar-refractivity contribution is 8.00. The number of hydrogen-bond acceptors (Lipinski definition) is 4. The van der Waals surface area contributed by atoms with Gasteiger partial charge in [0.1, 0.15) is 4.90 Å². The van der Waals surface area contributed by atoms with Crippen molar-refractivity contribution in [3.8, 4) is 6.07 Å². The zero-order valence-electron chi connectivity index (χ0n) is 12.0. The van der Waals surface area contributed by atoms with Crippen molar-refractivity contribution in [2.45, 2.75) is 29.9 Å². The molecular formula is C14H17ClN2O2S2. The van der Waals surface area contributed by atoms with Gasteiger partial charge in [0, 0.05) is 23.6 Å². The third kappa shape index (κ3) is 3.72. The minimum absolute atomic E-state index is 0.0212. The minimum atomic E-state index is -3.66. The van der Waals surface area contributed by atoms with Gasteiger partial charge in [-0.3, -0.25) is 0 Å². The second-order valence-corrected chi connectivity index (χ2v) is 9.63. The molecule has 0 aliphatic carbocycles. The third-order valence-corrected chi connectivity index (χ3v) is 7.23. The number of sulfonamides is 1. The first-order valence-electron chi connectivity index (χ1n) is 6.60. The van der Waals surface area contributed by atoms with Gasteiger partial charge in [-0.15, -0.1) is 0 Å². The van der Waals surface area contributed by atoms with Crippen LogP contribution in [0.2, 0.25) is 5.02 Å². The Kier molecular flexibility index (Phi) is 4.89. The van der Waals surface area contributed by atoms with E-state index in [1.165, 1.54) is 22.5 Å². The van der Waals surface area contributed by atoms with Crippen LogP contribution in [-0.4, -0.2) is 36.3 Å². The molecule has 0 atom stereocenters. The van der Waals surface area contributed by atoms with Crippen LogP contribution in [0, 0.1) is 11.3 Å². The SMILES string of the molecule is CC1(C)CCN(S(=O)(=O)c2cc(C#N)ccc2Cl)CCS1. The number of hydrogen-bond donors (Lipinski definition) is 0. The molecule has 1 fully saturated rings. The number of nitrogens with zero attached hydrogens (tertiary/aromatic N) is 2. The molecule has 1 aliphatic heterocycles. The fourth-order valence-electron chi connectivity index (χ4n) is 2.15. The summed E-state index contributed by atoms with van der Waals surface area (Å²) in [5.41, 5.74) is 0.294. The summed E-state index contributed by atoms with van der Waals surface area (Å²) in [5, 5.41) is 9.10. The maximum Gasteiger partial charge on any atom is 0.244 e. The van der Waals surface area contributed by atoms with Crippen molar-refractivity contribution < 1.29 is 8.42 Å². The van der Waals surface area contributed by atoms with Crippen LogP contribution in [0.25, 0.3) is 0 Å². The molecule has 0 saturated carbocycles. The average Bonchev–Trinajstić information content (AvgIpc) is 2.60. The summed E-state index contributed by atoms with van der Waals surface area (Å²) >= 11 is 7.81. The van der Waals surface area contributed by atoms with Crippen molar-refractivity contribution >= 4 is 33.4 Å². The predicted molar refractivity (Wildman–Crippen MR) is 86.1 cm³/mol. The van der Waals surface area contributed by atoms with E-state index in [4.69, 9.17) is 16.9 Å². The van der Waals surface area contributed by atoms with Gasteiger partial charge in [0.05, 0.1) is 16.7 Å². The summed E-state index contributed by atoms with van der Waals surface area (Å²) in [6.45, 7) is 5.17. The monoisotopic (exact) mass is 344 g/mol. The molecular weight excluding hydrogens is 328 g/mol. The predicted octanol–water partition coefficient (Wildman–Crippen LogP) is 3.12. The maximum atomic E-state index is 12.8. The van der Waals surface area contributed by atoms with E-state index in [9.17, 15) is 8.42 Å². The fourth-order valence-corrected chi connectivity index (χ4v) is 5.31. The molecule has 0 radical (unpaired) electrons. The van der Waals surface area contributed by atoms with Crippen molar-refractivity contribution in [1.29, 1.82) is 5.26 Å². The first kappa shape index (κ1) is 16.6. The zero-order valence-corrected chi connectivity index (χ0v) is 14.4.